The van der Waals surface area contributed by atoms with Crippen LogP contribution in [0.15, 0.2) is 47.4 Å². The van der Waals surface area contributed by atoms with Crippen molar-refractivity contribution in [1.29, 1.82) is 0 Å². The summed E-state index contributed by atoms with van der Waals surface area (Å²) in [5.41, 5.74) is 1.83. The van der Waals surface area contributed by atoms with Gasteiger partial charge in [0.15, 0.2) is 0 Å². The molecule has 0 bridgehead atoms. The van der Waals surface area contributed by atoms with Gasteiger partial charge in [-0.3, -0.25) is 0 Å². The van der Waals surface area contributed by atoms with Crippen LogP contribution < -0.4 is 4.72 Å². The smallest absolute Gasteiger partial charge is 0.211 e. The van der Waals surface area contributed by atoms with Gasteiger partial charge in [0, 0.05) is 6.54 Å². The second-order valence-electron chi connectivity index (χ2n) is 4.71. The first kappa shape index (κ1) is 16.3. The first-order valence-corrected chi connectivity index (χ1v) is 8.63. The second-order valence-corrected chi connectivity index (χ2v) is 7.29. The second kappa shape index (κ2) is 6.79. The van der Waals surface area contributed by atoms with E-state index in [0.717, 1.165) is 11.1 Å². The summed E-state index contributed by atoms with van der Waals surface area (Å²) < 4.78 is 26.9. The third-order valence-corrected chi connectivity index (χ3v) is 5.19. The Bertz CT molecular complexity index is 745. The molecule has 0 atom stereocenters. The lowest BCUT2D eigenvalue weighted by atomic mass is 10.1. The van der Waals surface area contributed by atoms with E-state index < -0.39 is 10.0 Å². The van der Waals surface area contributed by atoms with Crippen LogP contribution in [0.2, 0.25) is 10.0 Å². The fraction of sp³-hybridized carbons (Fsp3) is 0.200. The topological polar surface area (TPSA) is 46.2 Å². The summed E-state index contributed by atoms with van der Waals surface area (Å²) in [4.78, 5) is 0.275. The van der Waals surface area contributed by atoms with E-state index in [-0.39, 0.29) is 4.90 Å². The molecule has 112 valence electrons. The van der Waals surface area contributed by atoms with Gasteiger partial charge in [-0.15, -0.1) is 0 Å². The van der Waals surface area contributed by atoms with E-state index >= 15 is 0 Å². The van der Waals surface area contributed by atoms with Gasteiger partial charge < -0.3 is 0 Å². The van der Waals surface area contributed by atoms with Crippen LogP contribution in [-0.4, -0.2) is 15.0 Å². The zero-order valence-electron chi connectivity index (χ0n) is 11.4. The number of hydrogen-bond acceptors (Lipinski definition) is 2. The predicted octanol–water partition coefficient (Wildman–Crippen LogP) is 3.82. The third kappa shape index (κ3) is 4.45. The number of benzene rings is 2. The molecule has 0 saturated carbocycles. The summed E-state index contributed by atoms with van der Waals surface area (Å²) in [6, 6.07) is 12.1. The Morgan fingerprint density at radius 2 is 1.81 bits per heavy atom. The highest BCUT2D eigenvalue weighted by Gasteiger charge is 2.13. The molecular weight excluding hydrogens is 329 g/mol. The molecular formula is C15H15Cl2NO2S. The van der Waals surface area contributed by atoms with Crippen LogP contribution in [-0.2, 0) is 16.4 Å². The number of aryl methyl sites for hydroxylation is 1. The van der Waals surface area contributed by atoms with Crippen molar-refractivity contribution in [2.24, 2.45) is 0 Å². The first-order valence-electron chi connectivity index (χ1n) is 6.39. The molecule has 2 aromatic rings. The lowest BCUT2D eigenvalue weighted by Gasteiger charge is -2.08. The van der Waals surface area contributed by atoms with Crippen molar-refractivity contribution in [2.45, 2.75) is 18.2 Å². The average molecular weight is 344 g/mol. The fourth-order valence-corrected chi connectivity index (χ4v) is 3.35. The van der Waals surface area contributed by atoms with E-state index in [1.54, 1.807) is 30.3 Å². The van der Waals surface area contributed by atoms with Gasteiger partial charge in [0.25, 0.3) is 0 Å². The maximum atomic E-state index is 12.1. The van der Waals surface area contributed by atoms with Crippen molar-refractivity contribution in [2.75, 3.05) is 6.54 Å². The van der Waals surface area contributed by atoms with E-state index in [9.17, 15) is 8.42 Å². The summed E-state index contributed by atoms with van der Waals surface area (Å²) in [6.45, 7) is 2.16. The molecule has 3 nitrogen and oxygen atoms in total. The van der Waals surface area contributed by atoms with Crippen LogP contribution in [0.1, 0.15) is 11.1 Å². The van der Waals surface area contributed by atoms with E-state index in [4.69, 9.17) is 23.2 Å². The Morgan fingerprint density at radius 1 is 1.05 bits per heavy atom. The molecule has 0 aliphatic carbocycles. The summed E-state index contributed by atoms with van der Waals surface area (Å²) in [5.74, 6) is 0. The van der Waals surface area contributed by atoms with Gasteiger partial charge in [0.1, 0.15) is 0 Å². The minimum absolute atomic E-state index is 0.275. The van der Waals surface area contributed by atoms with E-state index in [1.807, 2.05) is 19.1 Å². The van der Waals surface area contributed by atoms with Gasteiger partial charge in [-0.25, -0.2) is 13.1 Å². The van der Waals surface area contributed by atoms with Gasteiger partial charge >= 0.3 is 0 Å². The molecule has 1 N–H and O–H groups in total. The van der Waals surface area contributed by atoms with Crippen LogP contribution in [0.3, 0.4) is 0 Å². The Hall–Kier alpha value is -1.07. The van der Waals surface area contributed by atoms with Crippen LogP contribution in [0.25, 0.3) is 0 Å². The molecule has 2 aromatic carbocycles. The molecule has 6 heteroatoms. The SMILES string of the molecule is Cc1cccc(S(=O)(=O)NCCc2ccc(Cl)c(Cl)c2)c1. The molecule has 0 radical (unpaired) electrons. The van der Waals surface area contributed by atoms with Crippen molar-refractivity contribution in [3.05, 3.63) is 63.6 Å². The number of nitrogens with one attached hydrogen (secondary N) is 1. The number of halogens is 2. The van der Waals surface area contributed by atoms with Crippen LogP contribution in [0, 0.1) is 6.92 Å². The average Bonchev–Trinajstić information content (AvgIpc) is 2.43. The maximum Gasteiger partial charge on any atom is 0.240 e. The van der Waals surface area contributed by atoms with Gasteiger partial charge in [-0.1, -0.05) is 41.4 Å². The number of sulfonamides is 1. The zero-order chi connectivity index (χ0) is 15.5. The molecule has 0 saturated heterocycles. The Balaban J connectivity index is 2.00. The molecule has 0 aliphatic heterocycles. The van der Waals surface area contributed by atoms with Crippen LogP contribution >= 0.6 is 23.2 Å². The Morgan fingerprint density at radius 3 is 2.48 bits per heavy atom. The van der Waals surface area contributed by atoms with Crippen molar-refractivity contribution in [1.82, 2.24) is 4.72 Å². The first-order chi connectivity index (χ1) is 9.88. The van der Waals surface area contributed by atoms with E-state index in [2.05, 4.69) is 4.72 Å². The highest BCUT2D eigenvalue weighted by atomic mass is 35.5. The van der Waals surface area contributed by atoms with Crippen molar-refractivity contribution in [3.63, 3.8) is 0 Å². The fourth-order valence-electron chi connectivity index (χ4n) is 1.89. The summed E-state index contributed by atoms with van der Waals surface area (Å²) in [5, 5.41) is 0.955. The van der Waals surface area contributed by atoms with E-state index in [1.165, 1.54) is 0 Å². The van der Waals surface area contributed by atoms with Crippen molar-refractivity contribution in [3.8, 4) is 0 Å². The molecule has 0 aliphatic rings. The molecule has 0 amide bonds. The zero-order valence-corrected chi connectivity index (χ0v) is 13.8. The normalized spacial score (nSPS) is 11.6. The number of rotatable bonds is 5. The van der Waals surface area contributed by atoms with Crippen LogP contribution in [0.4, 0.5) is 0 Å². The minimum atomic E-state index is -3.48. The maximum absolute atomic E-state index is 12.1. The number of hydrogen-bond donors (Lipinski definition) is 1. The highest BCUT2D eigenvalue weighted by Crippen LogP contribution is 2.22. The molecule has 2 rings (SSSR count). The molecule has 0 heterocycles. The lowest BCUT2D eigenvalue weighted by Crippen LogP contribution is -2.26. The minimum Gasteiger partial charge on any atom is -0.211 e. The highest BCUT2D eigenvalue weighted by molar-refractivity contribution is 7.89. The third-order valence-electron chi connectivity index (χ3n) is 2.99. The predicted molar refractivity (Wildman–Crippen MR) is 86.5 cm³/mol. The largest absolute Gasteiger partial charge is 0.240 e. The summed E-state index contributed by atoms with van der Waals surface area (Å²) >= 11 is 11.8. The quantitative estimate of drug-likeness (QED) is 0.896. The molecule has 21 heavy (non-hydrogen) atoms. The monoisotopic (exact) mass is 343 g/mol. The van der Waals surface area contributed by atoms with E-state index in [0.29, 0.717) is 23.0 Å². The summed E-state index contributed by atoms with van der Waals surface area (Å²) in [7, 11) is -3.48. The van der Waals surface area contributed by atoms with Gasteiger partial charge in [0.05, 0.1) is 14.9 Å². The van der Waals surface area contributed by atoms with Crippen molar-refractivity contribution < 1.29 is 8.42 Å². The lowest BCUT2D eigenvalue weighted by molar-refractivity contribution is 0.581. The van der Waals surface area contributed by atoms with Crippen LogP contribution in [0.5, 0.6) is 0 Å². The van der Waals surface area contributed by atoms with Gasteiger partial charge in [-0.2, -0.15) is 0 Å². The molecule has 0 aromatic heterocycles. The Kier molecular flexibility index (Phi) is 5.27. The Labute approximate surface area is 135 Å². The standard InChI is InChI=1S/C15H15Cl2NO2S/c1-11-3-2-4-13(9-11)21(19,20)18-8-7-12-5-6-14(16)15(17)10-12/h2-6,9-10,18H,7-8H2,1H3. The molecule has 0 fully saturated rings. The molecule has 0 spiro atoms. The van der Waals surface area contributed by atoms with Crippen molar-refractivity contribution >= 4 is 33.2 Å². The summed E-state index contributed by atoms with van der Waals surface area (Å²) in [6.07, 6.45) is 0.544. The molecule has 0 unspecified atom stereocenters. The van der Waals surface area contributed by atoms with Gasteiger partial charge in [0.2, 0.25) is 10.0 Å². The van der Waals surface area contributed by atoms with Gasteiger partial charge in [-0.05, 0) is 48.7 Å².